The lowest BCUT2D eigenvalue weighted by Gasteiger charge is -2.24. The Morgan fingerprint density at radius 3 is 2.32 bits per heavy atom. The van der Waals surface area contributed by atoms with Crippen molar-refractivity contribution in [1.82, 2.24) is 5.32 Å². The van der Waals surface area contributed by atoms with Gasteiger partial charge in [-0.25, -0.2) is 8.42 Å². The number of amides is 1. The number of benzene rings is 2. The Hall–Kier alpha value is -2.64. The van der Waals surface area contributed by atoms with Crippen LogP contribution in [0.15, 0.2) is 76.3 Å². The third-order valence-corrected chi connectivity index (χ3v) is 7.47. The van der Waals surface area contributed by atoms with E-state index in [1.165, 1.54) is 0 Å². The molecule has 1 amide bonds. The normalized spacial score (nSPS) is 12.4. The first-order valence-corrected chi connectivity index (χ1v) is 11.2. The van der Waals surface area contributed by atoms with Gasteiger partial charge < -0.3 is 5.32 Å². The van der Waals surface area contributed by atoms with Crippen LogP contribution >= 0.6 is 11.3 Å². The molecule has 0 unspecified atom stereocenters. The van der Waals surface area contributed by atoms with Crippen LogP contribution in [-0.4, -0.2) is 20.9 Å². The largest absolute Gasteiger partial charge is 0.348 e. The van der Waals surface area contributed by atoms with Gasteiger partial charge in [-0.05, 0) is 43.0 Å². The number of aryl methyl sites for hydroxylation is 1. The molecule has 0 aliphatic carbocycles. The first-order chi connectivity index (χ1) is 13.4. The lowest BCUT2D eigenvalue weighted by atomic mass is 10.1. The number of sulfonamides is 1. The van der Waals surface area contributed by atoms with Gasteiger partial charge in [0.05, 0.1) is 11.7 Å². The van der Waals surface area contributed by atoms with Crippen LogP contribution in [0.4, 0.5) is 5.69 Å². The van der Waals surface area contributed by atoms with Crippen molar-refractivity contribution >= 4 is 33.0 Å². The first-order valence-electron chi connectivity index (χ1n) is 8.85. The summed E-state index contributed by atoms with van der Waals surface area (Å²) in [5.41, 5.74) is 2.43. The highest BCUT2D eigenvalue weighted by molar-refractivity contribution is 7.94. The van der Waals surface area contributed by atoms with Crippen molar-refractivity contribution < 1.29 is 13.2 Å². The van der Waals surface area contributed by atoms with Gasteiger partial charge in [0.25, 0.3) is 10.0 Å². The van der Waals surface area contributed by atoms with Gasteiger partial charge >= 0.3 is 0 Å². The summed E-state index contributed by atoms with van der Waals surface area (Å²) in [4.78, 5) is 12.7. The first kappa shape index (κ1) is 20.1. The van der Waals surface area contributed by atoms with Gasteiger partial charge in [-0.2, -0.15) is 0 Å². The van der Waals surface area contributed by atoms with Gasteiger partial charge in [0.2, 0.25) is 5.91 Å². The quantitative estimate of drug-likeness (QED) is 0.632. The van der Waals surface area contributed by atoms with E-state index in [0.717, 1.165) is 26.8 Å². The molecule has 28 heavy (non-hydrogen) atoms. The fraction of sp³-hybridized carbons (Fsp3) is 0.190. The summed E-state index contributed by atoms with van der Waals surface area (Å²) in [6.45, 7) is 3.51. The summed E-state index contributed by atoms with van der Waals surface area (Å²) in [5, 5.41) is 4.59. The lowest BCUT2D eigenvalue weighted by molar-refractivity contribution is -0.120. The highest BCUT2D eigenvalue weighted by Crippen LogP contribution is 2.26. The Morgan fingerprint density at radius 1 is 1.04 bits per heavy atom. The molecule has 0 saturated heterocycles. The second kappa shape index (κ2) is 8.58. The topological polar surface area (TPSA) is 66.5 Å². The van der Waals surface area contributed by atoms with E-state index in [4.69, 9.17) is 0 Å². The molecule has 146 valence electrons. The molecule has 0 saturated carbocycles. The number of anilines is 1. The number of rotatable bonds is 7. The monoisotopic (exact) mass is 414 g/mol. The van der Waals surface area contributed by atoms with E-state index in [-0.39, 0.29) is 22.7 Å². The molecule has 3 aromatic rings. The molecule has 0 aliphatic rings. The third-order valence-electron chi connectivity index (χ3n) is 4.33. The van der Waals surface area contributed by atoms with E-state index in [2.05, 4.69) is 5.32 Å². The number of nitrogens with zero attached hydrogens (tertiary/aromatic N) is 1. The second-order valence-electron chi connectivity index (χ2n) is 6.48. The molecule has 0 radical (unpaired) electrons. The van der Waals surface area contributed by atoms with E-state index in [1.807, 2.05) is 56.3 Å². The van der Waals surface area contributed by atoms with Crippen molar-refractivity contribution in [3.05, 3.63) is 83.2 Å². The minimum atomic E-state index is -3.83. The standard InChI is InChI=1S/C21H22N2O3S2/c1-16-10-12-19(13-11-16)23(28(25,26)21-9-6-14-27-21)15-20(24)22-17(2)18-7-4-3-5-8-18/h3-14,17H,15H2,1-2H3,(H,22,24)/t17-/m0/s1. The molecule has 2 aromatic carbocycles. The predicted octanol–water partition coefficient (Wildman–Crippen LogP) is 4.13. The zero-order chi connectivity index (χ0) is 20.1. The number of hydrogen-bond acceptors (Lipinski definition) is 4. The fourth-order valence-corrected chi connectivity index (χ4v) is 5.31. The maximum absolute atomic E-state index is 13.1. The van der Waals surface area contributed by atoms with Crippen LogP contribution in [0.25, 0.3) is 0 Å². The zero-order valence-electron chi connectivity index (χ0n) is 15.7. The Kier molecular flexibility index (Phi) is 6.16. The van der Waals surface area contributed by atoms with E-state index in [1.54, 1.807) is 29.6 Å². The zero-order valence-corrected chi connectivity index (χ0v) is 17.3. The molecule has 0 fully saturated rings. The molecule has 1 N–H and O–H groups in total. The van der Waals surface area contributed by atoms with Gasteiger partial charge in [0.1, 0.15) is 10.8 Å². The molecule has 0 spiro atoms. The molecule has 1 aromatic heterocycles. The van der Waals surface area contributed by atoms with Crippen molar-refractivity contribution in [2.45, 2.75) is 24.1 Å². The van der Waals surface area contributed by atoms with E-state index in [9.17, 15) is 13.2 Å². The summed E-state index contributed by atoms with van der Waals surface area (Å²) in [6, 6.07) is 19.7. The minimum absolute atomic E-state index is 0.206. The third kappa shape index (κ3) is 4.61. The van der Waals surface area contributed by atoms with Gasteiger partial charge in [-0.1, -0.05) is 54.1 Å². The second-order valence-corrected chi connectivity index (χ2v) is 9.52. The maximum atomic E-state index is 13.1. The van der Waals surface area contributed by atoms with Gasteiger partial charge in [0.15, 0.2) is 0 Å². The Bertz CT molecular complexity index is 1020. The smallest absolute Gasteiger partial charge is 0.274 e. The van der Waals surface area contributed by atoms with E-state index >= 15 is 0 Å². The molecule has 0 bridgehead atoms. The van der Waals surface area contributed by atoms with Gasteiger partial charge in [0, 0.05) is 0 Å². The van der Waals surface area contributed by atoms with Crippen LogP contribution in [0.2, 0.25) is 0 Å². The van der Waals surface area contributed by atoms with Crippen molar-refractivity contribution in [2.75, 3.05) is 10.8 Å². The highest BCUT2D eigenvalue weighted by atomic mass is 32.2. The summed E-state index contributed by atoms with van der Waals surface area (Å²) in [5.74, 6) is -0.364. The molecule has 7 heteroatoms. The number of thiophene rings is 1. The number of carbonyl (C=O) groups excluding carboxylic acids is 1. The summed E-state index contributed by atoms with van der Waals surface area (Å²) >= 11 is 1.13. The van der Waals surface area contributed by atoms with E-state index in [0.29, 0.717) is 5.69 Å². The molecule has 0 aliphatic heterocycles. The molecule has 1 heterocycles. The van der Waals surface area contributed by atoms with Crippen LogP contribution in [0.5, 0.6) is 0 Å². The lowest BCUT2D eigenvalue weighted by Crippen LogP contribution is -2.41. The number of carbonyl (C=O) groups is 1. The average molecular weight is 415 g/mol. The molecule has 5 nitrogen and oxygen atoms in total. The van der Waals surface area contributed by atoms with Gasteiger partial charge in [-0.15, -0.1) is 11.3 Å². The molecular formula is C21H22N2O3S2. The van der Waals surface area contributed by atoms with Crippen molar-refractivity contribution in [2.24, 2.45) is 0 Å². The highest BCUT2D eigenvalue weighted by Gasteiger charge is 2.28. The van der Waals surface area contributed by atoms with Crippen LogP contribution in [0.1, 0.15) is 24.1 Å². The Morgan fingerprint density at radius 2 is 1.71 bits per heavy atom. The van der Waals surface area contributed by atoms with Crippen LogP contribution < -0.4 is 9.62 Å². The molecule has 1 atom stereocenters. The van der Waals surface area contributed by atoms with Crippen molar-refractivity contribution in [3.63, 3.8) is 0 Å². The van der Waals surface area contributed by atoms with Crippen LogP contribution in [0.3, 0.4) is 0 Å². The Labute approximate surface area is 169 Å². The van der Waals surface area contributed by atoms with Crippen molar-refractivity contribution in [3.8, 4) is 0 Å². The summed E-state index contributed by atoms with van der Waals surface area (Å²) in [7, 11) is -3.83. The van der Waals surface area contributed by atoms with E-state index < -0.39 is 10.0 Å². The van der Waals surface area contributed by atoms with Crippen molar-refractivity contribution in [1.29, 1.82) is 0 Å². The summed E-state index contributed by atoms with van der Waals surface area (Å²) in [6.07, 6.45) is 0. The average Bonchev–Trinajstić information content (AvgIpc) is 3.23. The summed E-state index contributed by atoms with van der Waals surface area (Å²) < 4.78 is 27.6. The number of hydrogen-bond donors (Lipinski definition) is 1. The Balaban J connectivity index is 1.85. The van der Waals surface area contributed by atoms with Crippen LogP contribution in [-0.2, 0) is 14.8 Å². The van der Waals surface area contributed by atoms with Crippen LogP contribution in [0, 0.1) is 6.92 Å². The van der Waals surface area contributed by atoms with Gasteiger partial charge in [-0.3, -0.25) is 9.10 Å². The molecule has 3 rings (SSSR count). The minimum Gasteiger partial charge on any atom is -0.348 e. The molecular weight excluding hydrogens is 392 g/mol. The maximum Gasteiger partial charge on any atom is 0.274 e. The fourth-order valence-electron chi connectivity index (χ4n) is 2.79. The number of nitrogens with one attached hydrogen (secondary N) is 1. The predicted molar refractivity (Wildman–Crippen MR) is 113 cm³/mol. The SMILES string of the molecule is Cc1ccc(N(CC(=O)N[C@@H](C)c2ccccc2)S(=O)(=O)c2cccs2)cc1.